The van der Waals surface area contributed by atoms with Gasteiger partial charge in [-0.15, -0.1) is 0 Å². The normalized spacial score (nSPS) is 10.5. The predicted octanol–water partition coefficient (Wildman–Crippen LogP) is 2.27. The van der Waals surface area contributed by atoms with Gasteiger partial charge < -0.3 is 14.5 Å². The summed E-state index contributed by atoms with van der Waals surface area (Å²) >= 11 is 0. The number of ether oxygens (including phenoxy) is 1. The number of nitrogens with zero attached hydrogens (tertiary/aromatic N) is 2. The Balaban J connectivity index is 1.71. The Labute approximate surface area is 122 Å². The first-order chi connectivity index (χ1) is 10.3. The molecule has 0 saturated carbocycles. The molecule has 0 unspecified atom stereocenters. The summed E-state index contributed by atoms with van der Waals surface area (Å²) in [6, 6.07) is 13.2. The van der Waals surface area contributed by atoms with Crippen molar-refractivity contribution in [3.63, 3.8) is 0 Å². The highest BCUT2D eigenvalue weighted by Crippen LogP contribution is 2.12. The summed E-state index contributed by atoms with van der Waals surface area (Å²) < 4.78 is 6.98. The van der Waals surface area contributed by atoms with Gasteiger partial charge in [-0.05, 0) is 29.8 Å². The van der Waals surface area contributed by atoms with Crippen LogP contribution in [-0.2, 0) is 6.54 Å². The number of methoxy groups -OCH3 is 1. The number of pyridine rings is 1. The van der Waals surface area contributed by atoms with E-state index in [1.54, 1.807) is 13.3 Å². The van der Waals surface area contributed by atoms with Crippen LogP contribution in [0.15, 0.2) is 54.9 Å². The Morgan fingerprint density at radius 3 is 3.00 bits per heavy atom. The van der Waals surface area contributed by atoms with E-state index >= 15 is 0 Å². The lowest BCUT2D eigenvalue weighted by molar-refractivity contribution is 0.0946. The molecular formula is C16H15N3O2. The number of aromatic nitrogens is 2. The third-order valence-electron chi connectivity index (χ3n) is 3.18. The molecule has 0 bridgehead atoms. The first-order valence-corrected chi connectivity index (χ1v) is 6.61. The number of carbonyl (C=O) groups excluding carboxylic acids is 1. The Kier molecular flexibility index (Phi) is 3.55. The highest BCUT2D eigenvalue weighted by Gasteiger charge is 2.10. The summed E-state index contributed by atoms with van der Waals surface area (Å²) in [7, 11) is 1.62. The number of benzene rings is 1. The highest BCUT2D eigenvalue weighted by atomic mass is 16.5. The maximum absolute atomic E-state index is 12.1. The van der Waals surface area contributed by atoms with Gasteiger partial charge in [0.1, 0.15) is 17.1 Å². The second kappa shape index (κ2) is 5.66. The van der Waals surface area contributed by atoms with Crippen LogP contribution in [-0.4, -0.2) is 22.4 Å². The highest BCUT2D eigenvalue weighted by molar-refractivity contribution is 5.92. The monoisotopic (exact) mass is 281 g/mol. The van der Waals surface area contributed by atoms with Crippen molar-refractivity contribution in [1.29, 1.82) is 0 Å². The van der Waals surface area contributed by atoms with Crippen molar-refractivity contribution in [2.75, 3.05) is 7.11 Å². The first-order valence-electron chi connectivity index (χ1n) is 6.61. The third-order valence-corrected chi connectivity index (χ3v) is 3.18. The standard InChI is InChI=1S/C16H15N3O2/c1-21-13-6-4-5-12(9-13)10-17-16(20)14-11-19-8-3-2-7-15(19)18-14/h2-9,11H,10H2,1H3,(H,17,20). The van der Waals surface area contributed by atoms with Crippen LogP contribution in [0.3, 0.4) is 0 Å². The number of rotatable bonds is 4. The Hall–Kier alpha value is -2.82. The zero-order valence-electron chi connectivity index (χ0n) is 11.6. The molecule has 0 spiro atoms. The van der Waals surface area contributed by atoms with Crippen LogP contribution in [0.5, 0.6) is 5.75 Å². The predicted molar refractivity (Wildman–Crippen MR) is 79.4 cm³/mol. The van der Waals surface area contributed by atoms with E-state index in [0.717, 1.165) is 17.0 Å². The summed E-state index contributed by atoms with van der Waals surface area (Å²) in [5.41, 5.74) is 2.14. The molecule has 0 saturated heterocycles. The van der Waals surface area contributed by atoms with E-state index in [1.807, 2.05) is 53.1 Å². The number of nitrogens with one attached hydrogen (secondary N) is 1. The quantitative estimate of drug-likeness (QED) is 0.798. The van der Waals surface area contributed by atoms with Crippen LogP contribution in [0.25, 0.3) is 5.65 Å². The molecular weight excluding hydrogens is 266 g/mol. The zero-order chi connectivity index (χ0) is 14.7. The molecule has 2 aromatic heterocycles. The van der Waals surface area contributed by atoms with E-state index in [0.29, 0.717) is 12.2 Å². The van der Waals surface area contributed by atoms with Crippen LogP contribution in [0.2, 0.25) is 0 Å². The van der Waals surface area contributed by atoms with Crippen LogP contribution in [0, 0.1) is 0 Å². The van der Waals surface area contributed by atoms with E-state index in [2.05, 4.69) is 10.3 Å². The topological polar surface area (TPSA) is 55.6 Å². The Morgan fingerprint density at radius 2 is 2.19 bits per heavy atom. The molecule has 1 N–H and O–H groups in total. The van der Waals surface area contributed by atoms with Crippen molar-refractivity contribution < 1.29 is 9.53 Å². The van der Waals surface area contributed by atoms with Crippen molar-refractivity contribution in [1.82, 2.24) is 14.7 Å². The second-order valence-corrected chi connectivity index (χ2v) is 4.63. The molecule has 1 amide bonds. The molecule has 106 valence electrons. The lowest BCUT2D eigenvalue weighted by Crippen LogP contribution is -2.23. The molecule has 3 rings (SSSR count). The van der Waals surface area contributed by atoms with Crippen molar-refractivity contribution in [3.8, 4) is 5.75 Å². The number of amides is 1. The summed E-state index contributed by atoms with van der Waals surface area (Å²) in [6.07, 6.45) is 3.58. The third kappa shape index (κ3) is 2.86. The van der Waals surface area contributed by atoms with E-state index in [-0.39, 0.29) is 5.91 Å². The van der Waals surface area contributed by atoms with Crippen LogP contribution in [0.4, 0.5) is 0 Å². The number of imidazole rings is 1. The van der Waals surface area contributed by atoms with Crippen molar-refractivity contribution in [2.45, 2.75) is 6.54 Å². The van der Waals surface area contributed by atoms with Gasteiger partial charge in [0.05, 0.1) is 7.11 Å². The summed E-state index contributed by atoms with van der Waals surface area (Å²) in [5.74, 6) is 0.580. The minimum Gasteiger partial charge on any atom is -0.497 e. The molecule has 0 aliphatic carbocycles. The van der Waals surface area contributed by atoms with E-state index in [1.165, 1.54) is 0 Å². The van der Waals surface area contributed by atoms with Gasteiger partial charge in [-0.25, -0.2) is 4.98 Å². The Morgan fingerprint density at radius 1 is 1.29 bits per heavy atom. The summed E-state index contributed by atoms with van der Waals surface area (Å²) in [6.45, 7) is 0.434. The molecule has 1 aromatic carbocycles. The molecule has 5 nitrogen and oxygen atoms in total. The number of hydrogen-bond acceptors (Lipinski definition) is 3. The lowest BCUT2D eigenvalue weighted by Gasteiger charge is -2.05. The van der Waals surface area contributed by atoms with Crippen LogP contribution < -0.4 is 10.1 Å². The number of carbonyl (C=O) groups is 1. The molecule has 3 aromatic rings. The summed E-state index contributed by atoms with van der Waals surface area (Å²) in [5, 5.41) is 2.86. The van der Waals surface area contributed by atoms with Crippen LogP contribution in [0.1, 0.15) is 16.1 Å². The maximum Gasteiger partial charge on any atom is 0.271 e. The Bertz CT molecular complexity index is 747. The zero-order valence-corrected chi connectivity index (χ0v) is 11.6. The molecule has 5 heteroatoms. The van der Waals surface area contributed by atoms with Gasteiger partial charge in [0.25, 0.3) is 5.91 Å². The van der Waals surface area contributed by atoms with Gasteiger partial charge in [-0.3, -0.25) is 4.79 Å². The van der Waals surface area contributed by atoms with Gasteiger partial charge in [0.15, 0.2) is 0 Å². The van der Waals surface area contributed by atoms with Crippen molar-refractivity contribution in [3.05, 3.63) is 66.1 Å². The molecule has 0 aliphatic heterocycles. The minimum atomic E-state index is -0.193. The first kappa shape index (κ1) is 13.2. The molecule has 0 aliphatic rings. The fourth-order valence-corrected chi connectivity index (χ4v) is 2.10. The van der Waals surface area contributed by atoms with Gasteiger partial charge in [-0.2, -0.15) is 0 Å². The van der Waals surface area contributed by atoms with E-state index in [9.17, 15) is 4.79 Å². The largest absolute Gasteiger partial charge is 0.497 e. The summed E-state index contributed by atoms with van der Waals surface area (Å²) in [4.78, 5) is 16.4. The lowest BCUT2D eigenvalue weighted by atomic mass is 10.2. The molecule has 2 heterocycles. The fourth-order valence-electron chi connectivity index (χ4n) is 2.10. The van der Waals surface area contributed by atoms with E-state index in [4.69, 9.17) is 4.74 Å². The smallest absolute Gasteiger partial charge is 0.271 e. The van der Waals surface area contributed by atoms with Gasteiger partial charge in [-0.1, -0.05) is 18.2 Å². The number of hydrogen-bond donors (Lipinski definition) is 1. The van der Waals surface area contributed by atoms with Gasteiger partial charge >= 0.3 is 0 Å². The van der Waals surface area contributed by atoms with Crippen molar-refractivity contribution in [2.24, 2.45) is 0 Å². The average Bonchev–Trinajstić information content (AvgIpc) is 2.97. The molecule has 0 atom stereocenters. The van der Waals surface area contributed by atoms with Crippen molar-refractivity contribution >= 4 is 11.6 Å². The maximum atomic E-state index is 12.1. The fraction of sp³-hybridized carbons (Fsp3) is 0.125. The SMILES string of the molecule is COc1cccc(CNC(=O)c2cn3ccccc3n2)c1. The second-order valence-electron chi connectivity index (χ2n) is 4.63. The minimum absolute atomic E-state index is 0.193. The van der Waals surface area contributed by atoms with Gasteiger partial charge in [0.2, 0.25) is 0 Å². The number of fused-ring (bicyclic) bond motifs is 1. The van der Waals surface area contributed by atoms with Gasteiger partial charge in [0, 0.05) is 18.9 Å². The molecule has 21 heavy (non-hydrogen) atoms. The molecule has 0 radical (unpaired) electrons. The molecule has 0 fully saturated rings. The van der Waals surface area contributed by atoms with Crippen LogP contribution >= 0.6 is 0 Å². The average molecular weight is 281 g/mol. The van der Waals surface area contributed by atoms with E-state index < -0.39 is 0 Å².